The van der Waals surface area contributed by atoms with Crippen molar-refractivity contribution in [1.82, 2.24) is 5.32 Å². The lowest BCUT2D eigenvalue weighted by molar-refractivity contribution is -0.143. The quantitative estimate of drug-likeness (QED) is 0.833. The fraction of sp³-hybridized carbons (Fsp3) is 0.538. The molecule has 0 saturated carbocycles. The molecule has 21 heavy (non-hydrogen) atoms. The molecule has 0 radical (unpaired) electrons. The van der Waals surface area contributed by atoms with Crippen LogP contribution in [0.3, 0.4) is 0 Å². The van der Waals surface area contributed by atoms with Crippen molar-refractivity contribution in [2.45, 2.75) is 31.2 Å². The molecular weight excluding hydrogens is 300 g/mol. The Balaban J connectivity index is 3.52. The Morgan fingerprint density at radius 2 is 1.29 bits per heavy atom. The smallest absolute Gasteiger partial charge is 0.396 e. The van der Waals surface area contributed by atoms with Crippen LogP contribution >= 0.6 is 0 Å². The average Bonchev–Trinajstić information content (AvgIpc) is 2.36. The summed E-state index contributed by atoms with van der Waals surface area (Å²) in [5, 5.41) is 11.6. The second kappa shape index (κ2) is 5.84. The zero-order chi connectivity index (χ0) is 16.5. The Labute approximate surface area is 117 Å². The van der Waals surface area contributed by atoms with Gasteiger partial charge in [0.25, 0.3) is 0 Å². The van der Waals surface area contributed by atoms with Gasteiger partial charge in [0.1, 0.15) is 0 Å². The second-order valence-electron chi connectivity index (χ2n) is 4.85. The van der Waals surface area contributed by atoms with Gasteiger partial charge in [-0.1, -0.05) is 0 Å². The van der Waals surface area contributed by atoms with E-state index < -0.39 is 29.0 Å². The highest BCUT2D eigenvalue weighted by Gasteiger charge is 2.38. The maximum absolute atomic E-state index is 12.8. The number of alkyl halides is 6. The van der Waals surface area contributed by atoms with Gasteiger partial charge in [-0.15, -0.1) is 0 Å². The van der Waals surface area contributed by atoms with E-state index in [9.17, 15) is 26.3 Å². The summed E-state index contributed by atoms with van der Waals surface area (Å²) in [5.41, 5.74) is -4.12. The van der Waals surface area contributed by atoms with Gasteiger partial charge in [0.2, 0.25) is 0 Å². The molecule has 120 valence electrons. The number of benzene rings is 1. The SMILES string of the molecule is CNC(C)(CCO)c1cc(C(F)(F)F)cc(C(F)(F)F)c1. The fourth-order valence-electron chi connectivity index (χ4n) is 1.91. The van der Waals surface area contributed by atoms with E-state index in [1.807, 2.05) is 0 Å². The van der Waals surface area contributed by atoms with Gasteiger partial charge in [-0.3, -0.25) is 0 Å². The summed E-state index contributed by atoms with van der Waals surface area (Å²) in [6.45, 7) is 1.05. The van der Waals surface area contributed by atoms with E-state index in [1.54, 1.807) is 0 Å². The highest BCUT2D eigenvalue weighted by atomic mass is 19.4. The van der Waals surface area contributed by atoms with Crippen LogP contribution in [0.15, 0.2) is 18.2 Å². The molecule has 0 spiro atoms. The van der Waals surface area contributed by atoms with Crippen molar-refractivity contribution in [3.63, 3.8) is 0 Å². The van der Waals surface area contributed by atoms with E-state index >= 15 is 0 Å². The number of nitrogens with one attached hydrogen (secondary N) is 1. The molecule has 0 aliphatic carbocycles. The van der Waals surface area contributed by atoms with Crippen LogP contribution in [-0.2, 0) is 17.9 Å². The molecule has 0 aliphatic rings. The highest BCUT2D eigenvalue weighted by Crippen LogP contribution is 2.38. The number of aliphatic hydroxyl groups is 1. The summed E-state index contributed by atoms with van der Waals surface area (Å²) in [5.74, 6) is 0. The standard InChI is InChI=1S/C13H15F6NO/c1-11(20-2,3-4-21)8-5-9(12(14,15)16)7-10(6-8)13(17,18)19/h5-7,20-21H,3-4H2,1-2H3. The number of rotatable bonds is 4. The molecule has 0 fully saturated rings. The van der Waals surface area contributed by atoms with E-state index in [-0.39, 0.29) is 24.7 Å². The Morgan fingerprint density at radius 3 is 1.57 bits per heavy atom. The molecule has 1 rings (SSSR count). The molecule has 0 amide bonds. The van der Waals surface area contributed by atoms with Gasteiger partial charge in [-0.05, 0) is 44.2 Å². The van der Waals surface area contributed by atoms with E-state index in [1.165, 1.54) is 14.0 Å². The summed E-state index contributed by atoms with van der Waals surface area (Å²) in [6.07, 6.45) is -9.80. The van der Waals surface area contributed by atoms with Crippen molar-refractivity contribution >= 4 is 0 Å². The molecule has 0 bridgehead atoms. The molecular formula is C13H15F6NO. The molecule has 0 saturated heterocycles. The van der Waals surface area contributed by atoms with Crippen molar-refractivity contribution in [3.8, 4) is 0 Å². The zero-order valence-electron chi connectivity index (χ0n) is 11.4. The lowest BCUT2D eigenvalue weighted by Gasteiger charge is -2.30. The van der Waals surface area contributed by atoms with Crippen LogP contribution in [0.25, 0.3) is 0 Å². The molecule has 0 aromatic heterocycles. The number of aliphatic hydroxyl groups excluding tert-OH is 1. The predicted octanol–water partition coefficient (Wildman–Crippen LogP) is 3.54. The van der Waals surface area contributed by atoms with Crippen molar-refractivity contribution in [1.29, 1.82) is 0 Å². The zero-order valence-corrected chi connectivity index (χ0v) is 11.4. The third-order valence-electron chi connectivity index (χ3n) is 3.39. The van der Waals surface area contributed by atoms with Crippen LogP contribution < -0.4 is 5.32 Å². The van der Waals surface area contributed by atoms with E-state index in [4.69, 9.17) is 5.11 Å². The Hall–Kier alpha value is -1.28. The minimum atomic E-state index is -4.89. The van der Waals surface area contributed by atoms with Gasteiger partial charge in [0.15, 0.2) is 0 Å². The first-order valence-electron chi connectivity index (χ1n) is 6.04. The van der Waals surface area contributed by atoms with Crippen molar-refractivity contribution in [3.05, 3.63) is 34.9 Å². The second-order valence-corrected chi connectivity index (χ2v) is 4.85. The number of halogens is 6. The number of hydrogen-bond acceptors (Lipinski definition) is 2. The van der Waals surface area contributed by atoms with Gasteiger partial charge in [0, 0.05) is 12.1 Å². The van der Waals surface area contributed by atoms with Crippen molar-refractivity contribution in [2.24, 2.45) is 0 Å². The summed E-state index contributed by atoms with van der Waals surface area (Å²) in [4.78, 5) is 0. The predicted molar refractivity (Wildman–Crippen MR) is 64.6 cm³/mol. The Morgan fingerprint density at radius 1 is 0.905 bits per heavy atom. The lowest BCUT2D eigenvalue weighted by Crippen LogP contribution is -2.38. The average molecular weight is 315 g/mol. The first-order valence-corrected chi connectivity index (χ1v) is 6.04. The molecule has 2 nitrogen and oxygen atoms in total. The molecule has 1 unspecified atom stereocenters. The van der Waals surface area contributed by atoms with E-state index in [0.717, 1.165) is 0 Å². The van der Waals surface area contributed by atoms with Crippen LogP contribution in [0, 0.1) is 0 Å². The van der Waals surface area contributed by atoms with Gasteiger partial charge in [-0.2, -0.15) is 26.3 Å². The van der Waals surface area contributed by atoms with Crippen LogP contribution in [0.2, 0.25) is 0 Å². The molecule has 2 N–H and O–H groups in total. The van der Waals surface area contributed by atoms with Crippen molar-refractivity contribution in [2.75, 3.05) is 13.7 Å². The molecule has 8 heteroatoms. The highest BCUT2D eigenvalue weighted by molar-refractivity contribution is 5.37. The third-order valence-corrected chi connectivity index (χ3v) is 3.39. The monoisotopic (exact) mass is 315 g/mol. The lowest BCUT2D eigenvalue weighted by atomic mass is 9.86. The van der Waals surface area contributed by atoms with Gasteiger partial charge < -0.3 is 10.4 Å². The topological polar surface area (TPSA) is 32.3 Å². The minimum absolute atomic E-state index is 0.0257. The largest absolute Gasteiger partial charge is 0.416 e. The Bertz CT molecular complexity index is 464. The fourth-order valence-corrected chi connectivity index (χ4v) is 1.91. The van der Waals surface area contributed by atoms with Crippen LogP contribution in [0.4, 0.5) is 26.3 Å². The van der Waals surface area contributed by atoms with Gasteiger partial charge in [-0.25, -0.2) is 0 Å². The first kappa shape index (κ1) is 17.8. The van der Waals surface area contributed by atoms with Crippen LogP contribution in [0.5, 0.6) is 0 Å². The summed E-state index contributed by atoms with van der Waals surface area (Å²) in [6, 6.07) is 1.42. The van der Waals surface area contributed by atoms with E-state index in [0.29, 0.717) is 12.1 Å². The summed E-state index contributed by atoms with van der Waals surface area (Å²) in [7, 11) is 1.41. The van der Waals surface area contributed by atoms with Crippen LogP contribution in [-0.4, -0.2) is 18.8 Å². The minimum Gasteiger partial charge on any atom is -0.396 e. The normalized spacial score (nSPS) is 15.9. The first-order chi connectivity index (χ1) is 9.44. The maximum atomic E-state index is 12.8. The van der Waals surface area contributed by atoms with Crippen molar-refractivity contribution < 1.29 is 31.4 Å². The van der Waals surface area contributed by atoms with Gasteiger partial charge in [0.05, 0.1) is 11.1 Å². The number of hydrogen-bond donors (Lipinski definition) is 2. The molecule has 1 aromatic carbocycles. The summed E-state index contributed by atoms with van der Waals surface area (Å²) < 4.78 is 76.7. The molecule has 1 aromatic rings. The van der Waals surface area contributed by atoms with E-state index in [2.05, 4.69) is 5.32 Å². The molecule has 0 heterocycles. The summed E-state index contributed by atoms with van der Waals surface area (Å²) >= 11 is 0. The van der Waals surface area contributed by atoms with Gasteiger partial charge >= 0.3 is 12.4 Å². The molecule has 0 aliphatic heterocycles. The third kappa shape index (κ3) is 4.10. The maximum Gasteiger partial charge on any atom is 0.416 e. The Kier molecular flexibility index (Phi) is 4.94. The van der Waals surface area contributed by atoms with Crippen LogP contribution in [0.1, 0.15) is 30.0 Å². The molecule has 1 atom stereocenters.